The lowest BCUT2D eigenvalue weighted by Gasteiger charge is -2.17. The molecule has 1 atom stereocenters. The molecule has 2 N–H and O–H groups in total. The molecule has 0 saturated heterocycles. The van der Waals surface area contributed by atoms with Gasteiger partial charge in [0.1, 0.15) is 0 Å². The molecule has 0 unspecified atom stereocenters. The molecule has 0 aliphatic rings. The zero-order valence-electron chi connectivity index (χ0n) is 7.80. The molecule has 0 aromatic heterocycles. The fourth-order valence-electron chi connectivity index (χ4n) is 1.00. The van der Waals surface area contributed by atoms with Crippen LogP contribution in [-0.4, -0.2) is 50.3 Å². The second kappa shape index (κ2) is 6.58. The second-order valence-corrected chi connectivity index (χ2v) is 3.09. The summed E-state index contributed by atoms with van der Waals surface area (Å²) in [6, 6.07) is 0.461. The van der Waals surface area contributed by atoms with Crippen LogP contribution in [0.5, 0.6) is 0 Å². The van der Waals surface area contributed by atoms with Gasteiger partial charge in [-0.25, -0.2) is 0 Å². The van der Waals surface area contributed by atoms with Gasteiger partial charge in [-0.3, -0.25) is 0 Å². The van der Waals surface area contributed by atoms with Gasteiger partial charge in [0.15, 0.2) is 0 Å². The smallest absolute Gasteiger partial charge is 0.0445 e. The number of rotatable bonds is 6. The Bertz CT molecular complexity index is 86.2. The van der Waals surface area contributed by atoms with E-state index in [4.69, 9.17) is 5.11 Å². The van der Waals surface area contributed by atoms with Crippen LogP contribution >= 0.6 is 0 Å². The van der Waals surface area contributed by atoms with Crippen LogP contribution in [0.2, 0.25) is 0 Å². The Morgan fingerprint density at radius 1 is 1.36 bits per heavy atom. The van der Waals surface area contributed by atoms with E-state index in [1.807, 2.05) is 7.05 Å². The SMILES string of the molecule is CN[C@H](CCO)CCN(C)C. The topological polar surface area (TPSA) is 35.5 Å². The summed E-state index contributed by atoms with van der Waals surface area (Å²) in [5.74, 6) is 0. The molecule has 0 amide bonds. The first kappa shape index (κ1) is 10.9. The van der Waals surface area contributed by atoms with Gasteiger partial charge in [-0.15, -0.1) is 0 Å². The van der Waals surface area contributed by atoms with Crippen molar-refractivity contribution in [3.05, 3.63) is 0 Å². The van der Waals surface area contributed by atoms with Crippen molar-refractivity contribution in [3.63, 3.8) is 0 Å². The van der Waals surface area contributed by atoms with Gasteiger partial charge in [0.05, 0.1) is 0 Å². The molecule has 11 heavy (non-hydrogen) atoms. The van der Waals surface area contributed by atoms with Gasteiger partial charge in [-0.2, -0.15) is 0 Å². The molecule has 0 aromatic carbocycles. The largest absolute Gasteiger partial charge is 0.396 e. The highest BCUT2D eigenvalue weighted by Crippen LogP contribution is 1.96. The number of nitrogens with zero attached hydrogens (tertiary/aromatic N) is 1. The third kappa shape index (κ3) is 6.28. The Kier molecular flexibility index (Phi) is 6.51. The zero-order chi connectivity index (χ0) is 8.69. The molecule has 0 bridgehead atoms. The van der Waals surface area contributed by atoms with Crippen LogP contribution in [0.15, 0.2) is 0 Å². The lowest BCUT2D eigenvalue weighted by Crippen LogP contribution is -2.30. The molecular formula is C8H20N2O. The van der Waals surface area contributed by atoms with Crippen molar-refractivity contribution in [1.82, 2.24) is 10.2 Å². The maximum absolute atomic E-state index is 8.68. The standard InChI is InChI=1S/C8H20N2O/c1-9-8(5-7-11)4-6-10(2)3/h8-9,11H,4-7H2,1-3H3/t8-/m0/s1. The first-order valence-electron chi connectivity index (χ1n) is 4.13. The zero-order valence-corrected chi connectivity index (χ0v) is 7.80. The average Bonchev–Trinajstić information content (AvgIpc) is 1.97. The van der Waals surface area contributed by atoms with Crippen molar-refractivity contribution in [2.75, 3.05) is 34.3 Å². The van der Waals surface area contributed by atoms with Crippen molar-refractivity contribution >= 4 is 0 Å². The molecule has 3 nitrogen and oxygen atoms in total. The van der Waals surface area contributed by atoms with E-state index in [1.54, 1.807) is 0 Å². The van der Waals surface area contributed by atoms with Gasteiger partial charge in [0.25, 0.3) is 0 Å². The minimum Gasteiger partial charge on any atom is -0.396 e. The molecule has 0 fully saturated rings. The number of hydrogen-bond donors (Lipinski definition) is 2. The van der Waals surface area contributed by atoms with E-state index in [1.165, 1.54) is 0 Å². The molecule has 0 heterocycles. The quantitative estimate of drug-likeness (QED) is 0.570. The highest BCUT2D eigenvalue weighted by atomic mass is 16.3. The third-order valence-corrected chi connectivity index (χ3v) is 1.81. The van der Waals surface area contributed by atoms with Crippen LogP contribution in [0.1, 0.15) is 12.8 Å². The summed E-state index contributed by atoms with van der Waals surface area (Å²) in [5, 5.41) is 11.9. The molecule has 68 valence electrons. The fraction of sp³-hybridized carbons (Fsp3) is 1.00. The first-order chi connectivity index (χ1) is 5.20. The Labute approximate surface area is 69.4 Å². The van der Waals surface area contributed by atoms with Crippen molar-refractivity contribution in [3.8, 4) is 0 Å². The summed E-state index contributed by atoms with van der Waals surface area (Å²) in [6.07, 6.45) is 1.95. The highest BCUT2D eigenvalue weighted by molar-refractivity contribution is 4.64. The van der Waals surface area contributed by atoms with Crippen molar-refractivity contribution in [2.24, 2.45) is 0 Å². The number of nitrogens with one attached hydrogen (secondary N) is 1. The Hall–Kier alpha value is -0.120. The van der Waals surface area contributed by atoms with Gasteiger partial charge in [0, 0.05) is 12.6 Å². The fourth-order valence-corrected chi connectivity index (χ4v) is 1.00. The molecule has 0 rings (SSSR count). The van der Waals surface area contributed by atoms with Crippen LogP contribution < -0.4 is 5.32 Å². The molecule has 0 radical (unpaired) electrons. The van der Waals surface area contributed by atoms with Crippen LogP contribution in [0.3, 0.4) is 0 Å². The predicted octanol–water partition coefficient (Wildman–Crippen LogP) is -0.0915. The van der Waals surface area contributed by atoms with E-state index in [0.717, 1.165) is 19.4 Å². The number of aliphatic hydroxyl groups is 1. The number of hydrogen-bond acceptors (Lipinski definition) is 3. The van der Waals surface area contributed by atoms with E-state index in [0.29, 0.717) is 6.04 Å². The molecule has 0 saturated carbocycles. The van der Waals surface area contributed by atoms with Crippen molar-refractivity contribution in [1.29, 1.82) is 0 Å². The lowest BCUT2D eigenvalue weighted by molar-refractivity contribution is 0.256. The summed E-state index contributed by atoms with van der Waals surface area (Å²) in [5.41, 5.74) is 0. The van der Waals surface area contributed by atoms with Crippen molar-refractivity contribution < 1.29 is 5.11 Å². The number of aliphatic hydroxyl groups excluding tert-OH is 1. The Morgan fingerprint density at radius 2 is 2.00 bits per heavy atom. The van der Waals surface area contributed by atoms with Crippen LogP contribution in [0.4, 0.5) is 0 Å². The van der Waals surface area contributed by atoms with Gasteiger partial charge < -0.3 is 15.3 Å². The van der Waals surface area contributed by atoms with E-state index < -0.39 is 0 Å². The maximum Gasteiger partial charge on any atom is 0.0445 e. The molecular weight excluding hydrogens is 140 g/mol. The molecule has 0 spiro atoms. The van der Waals surface area contributed by atoms with Gasteiger partial charge >= 0.3 is 0 Å². The lowest BCUT2D eigenvalue weighted by atomic mass is 10.1. The monoisotopic (exact) mass is 160 g/mol. The first-order valence-corrected chi connectivity index (χ1v) is 4.13. The van der Waals surface area contributed by atoms with E-state index in [2.05, 4.69) is 24.3 Å². The molecule has 0 aromatic rings. The average molecular weight is 160 g/mol. The predicted molar refractivity (Wildman–Crippen MR) is 47.7 cm³/mol. The van der Waals surface area contributed by atoms with Gasteiger partial charge in [-0.1, -0.05) is 0 Å². The maximum atomic E-state index is 8.68. The summed E-state index contributed by atoms with van der Waals surface area (Å²) in [4.78, 5) is 2.15. The normalized spacial score (nSPS) is 13.9. The van der Waals surface area contributed by atoms with Gasteiger partial charge in [0.2, 0.25) is 0 Å². The summed E-state index contributed by atoms with van der Waals surface area (Å²) < 4.78 is 0. The van der Waals surface area contributed by atoms with Crippen LogP contribution in [0.25, 0.3) is 0 Å². The molecule has 0 aliphatic carbocycles. The van der Waals surface area contributed by atoms with Crippen molar-refractivity contribution in [2.45, 2.75) is 18.9 Å². The summed E-state index contributed by atoms with van der Waals surface area (Å²) >= 11 is 0. The Morgan fingerprint density at radius 3 is 2.36 bits per heavy atom. The minimum atomic E-state index is 0.277. The van der Waals surface area contributed by atoms with E-state index in [9.17, 15) is 0 Å². The van der Waals surface area contributed by atoms with Gasteiger partial charge in [-0.05, 0) is 40.5 Å². The minimum absolute atomic E-state index is 0.277. The second-order valence-electron chi connectivity index (χ2n) is 3.09. The third-order valence-electron chi connectivity index (χ3n) is 1.81. The van der Waals surface area contributed by atoms with Crippen LogP contribution in [0, 0.1) is 0 Å². The summed E-state index contributed by atoms with van der Waals surface area (Å²) in [7, 11) is 6.06. The van der Waals surface area contributed by atoms with E-state index in [-0.39, 0.29) is 6.61 Å². The van der Waals surface area contributed by atoms with Crippen LogP contribution in [-0.2, 0) is 0 Å². The highest BCUT2D eigenvalue weighted by Gasteiger charge is 2.04. The molecule has 0 aliphatic heterocycles. The summed E-state index contributed by atoms with van der Waals surface area (Å²) in [6.45, 7) is 1.35. The van der Waals surface area contributed by atoms with E-state index >= 15 is 0 Å². The Balaban J connectivity index is 3.35. The molecule has 3 heteroatoms.